The van der Waals surface area contributed by atoms with Crippen LogP contribution in [0, 0.1) is 0 Å². The Kier molecular flexibility index (Phi) is 7.41. The lowest BCUT2D eigenvalue weighted by Gasteiger charge is -2.21. The van der Waals surface area contributed by atoms with Crippen LogP contribution in [0.1, 0.15) is 24.3 Å². The molecule has 0 spiro atoms. The van der Waals surface area contributed by atoms with E-state index in [0.29, 0.717) is 12.2 Å². The smallest absolute Gasteiger partial charge is 0.269 e. The van der Waals surface area contributed by atoms with Crippen LogP contribution >= 0.6 is 0 Å². The fourth-order valence-electron chi connectivity index (χ4n) is 2.60. The van der Waals surface area contributed by atoms with Crippen LogP contribution in [0.2, 0.25) is 0 Å². The molecule has 2 N–H and O–H groups in total. The highest BCUT2D eigenvalue weighted by Crippen LogP contribution is 2.20. The third-order valence-corrected chi connectivity index (χ3v) is 4.13. The maximum Gasteiger partial charge on any atom is 0.269 e. The van der Waals surface area contributed by atoms with Crippen LogP contribution in [0.3, 0.4) is 0 Å². The Labute approximate surface area is 156 Å². The second-order valence-electron chi connectivity index (χ2n) is 6.34. The van der Waals surface area contributed by atoms with Crippen molar-refractivity contribution in [1.82, 2.24) is 15.2 Å². The third-order valence-electron chi connectivity index (χ3n) is 4.13. The largest absolute Gasteiger partial charge is 0.372 e. The van der Waals surface area contributed by atoms with Gasteiger partial charge in [0, 0.05) is 37.6 Å². The molecule has 6 nitrogen and oxygen atoms in total. The minimum Gasteiger partial charge on any atom is -0.372 e. The molecule has 26 heavy (non-hydrogen) atoms. The molecule has 0 aliphatic carbocycles. The molecule has 0 aliphatic rings. The van der Waals surface area contributed by atoms with Crippen molar-refractivity contribution < 1.29 is 4.79 Å². The molecule has 0 saturated heterocycles. The molecule has 2 aromatic rings. The van der Waals surface area contributed by atoms with Crippen molar-refractivity contribution in [1.29, 1.82) is 0 Å². The number of nitrogens with one attached hydrogen (secondary N) is 2. The first-order valence-corrected chi connectivity index (χ1v) is 9.04. The molecule has 0 radical (unpaired) electrons. The van der Waals surface area contributed by atoms with Gasteiger partial charge < -0.3 is 20.4 Å². The van der Waals surface area contributed by atoms with Gasteiger partial charge in [-0.2, -0.15) is 0 Å². The van der Waals surface area contributed by atoms with Gasteiger partial charge in [-0.3, -0.25) is 4.79 Å². The van der Waals surface area contributed by atoms with Crippen molar-refractivity contribution in [3.05, 3.63) is 48.3 Å². The van der Waals surface area contributed by atoms with E-state index in [1.165, 1.54) is 5.69 Å². The molecule has 0 aliphatic heterocycles. The molecular formula is C20H29N5O. The molecule has 2 rings (SSSR count). The zero-order valence-electron chi connectivity index (χ0n) is 16.1. The van der Waals surface area contributed by atoms with Crippen LogP contribution in [-0.2, 0) is 0 Å². The van der Waals surface area contributed by atoms with E-state index in [2.05, 4.69) is 58.6 Å². The van der Waals surface area contributed by atoms with Gasteiger partial charge in [-0.1, -0.05) is 0 Å². The van der Waals surface area contributed by atoms with Crippen molar-refractivity contribution in [3.8, 4) is 0 Å². The van der Waals surface area contributed by atoms with Crippen LogP contribution in [0.5, 0.6) is 0 Å². The Bertz CT molecular complexity index is 678. The van der Waals surface area contributed by atoms with Crippen molar-refractivity contribution >= 4 is 23.0 Å². The SMILES string of the molecule is CCN(CC)c1ccc(Nc2ccc(C(=O)NCCN(C)C)nc2)cc1. The molecule has 140 valence electrons. The molecule has 1 amide bonds. The standard InChI is InChI=1S/C20H29N5O/c1-5-25(6-2)18-10-7-16(8-11-18)23-17-9-12-19(22-15-17)20(26)21-13-14-24(3)4/h7-12,15,23H,5-6,13-14H2,1-4H3,(H,21,26). The minimum absolute atomic E-state index is 0.151. The van der Waals surface area contributed by atoms with Crippen molar-refractivity contribution in [2.24, 2.45) is 0 Å². The number of likely N-dealkylation sites (N-methyl/N-ethyl adjacent to an activating group) is 1. The summed E-state index contributed by atoms with van der Waals surface area (Å²) in [5, 5.41) is 6.17. The molecule has 0 fully saturated rings. The Morgan fingerprint density at radius 2 is 1.65 bits per heavy atom. The van der Waals surface area contributed by atoms with Crippen molar-refractivity contribution in [2.45, 2.75) is 13.8 Å². The lowest BCUT2D eigenvalue weighted by atomic mass is 10.2. The van der Waals surface area contributed by atoms with Gasteiger partial charge in [0.15, 0.2) is 0 Å². The molecule has 0 bridgehead atoms. The second-order valence-corrected chi connectivity index (χ2v) is 6.34. The quantitative estimate of drug-likeness (QED) is 0.724. The number of amides is 1. The average molecular weight is 355 g/mol. The molecule has 0 atom stereocenters. The summed E-state index contributed by atoms with van der Waals surface area (Å²) in [6, 6.07) is 11.9. The summed E-state index contributed by atoms with van der Waals surface area (Å²) < 4.78 is 0. The number of pyridine rings is 1. The average Bonchev–Trinajstić information content (AvgIpc) is 2.64. The number of hydrogen-bond acceptors (Lipinski definition) is 5. The van der Waals surface area contributed by atoms with Gasteiger partial charge in [-0.05, 0) is 64.3 Å². The van der Waals surface area contributed by atoms with E-state index in [1.807, 2.05) is 25.1 Å². The summed E-state index contributed by atoms with van der Waals surface area (Å²) in [5.74, 6) is -0.151. The summed E-state index contributed by atoms with van der Waals surface area (Å²) in [6.45, 7) is 7.69. The Morgan fingerprint density at radius 3 is 2.19 bits per heavy atom. The highest BCUT2D eigenvalue weighted by Gasteiger charge is 2.07. The van der Waals surface area contributed by atoms with E-state index >= 15 is 0 Å². The Hall–Kier alpha value is -2.60. The fourth-order valence-corrected chi connectivity index (χ4v) is 2.60. The molecule has 6 heteroatoms. The van der Waals surface area contributed by atoms with E-state index in [-0.39, 0.29) is 5.91 Å². The summed E-state index contributed by atoms with van der Waals surface area (Å²) in [4.78, 5) is 20.6. The third kappa shape index (κ3) is 5.74. The first kappa shape index (κ1) is 19.7. The molecular weight excluding hydrogens is 326 g/mol. The normalized spacial score (nSPS) is 10.7. The number of nitrogens with zero attached hydrogens (tertiary/aromatic N) is 3. The molecule has 0 saturated carbocycles. The number of hydrogen-bond donors (Lipinski definition) is 2. The molecule has 1 heterocycles. The van der Waals surface area contributed by atoms with E-state index in [1.54, 1.807) is 12.3 Å². The number of carbonyl (C=O) groups is 1. The molecule has 1 aromatic heterocycles. The highest BCUT2D eigenvalue weighted by atomic mass is 16.1. The Balaban J connectivity index is 1.93. The maximum absolute atomic E-state index is 12.0. The van der Waals surface area contributed by atoms with Gasteiger partial charge in [0.2, 0.25) is 0 Å². The summed E-state index contributed by atoms with van der Waals surface area (Å²) in [7, 11) is 3.94. The van der Waals surface area contributed by atoms with E-state index in [9.17, 15) is 4.79 Å². The number of carbonyl (C=O) groups excluding carboxylic acids is 1. The molecule has 1 aromatic carbocycles. The second kappa shape index (κ2) is 9.77. The van der Waals surface area contributed by atoms with Gasteiger partial charge in [0.1, 0.15) is 5.69 Å². The number of aromatic nitrogens is 1. The van der Waals surface area contributed by atoms with E-state index in [0.717, 1.165) is 31.0 Å². The predicted octanol–water partition coefficient (Wildman–Crippen LogP) is 2.96. The summed E-state index contributed by atoms with van der Waals surface area (Å²) >= 11 is 0. The first-order chi connectivity index (χ1) is 12.5. The summed E-state index contributed by atoms with van der Waals surface area (Å²) in [6.07, 6.45) is 1.68. The number of rotatable bonds is 9. The topological polar surface area (TPSA) is 60.5 Å². The van der Waals surface area contributed by atoms with Crippen LogP contribution in [-0.4, -0.2) is 56.1 Å². The minimum atomic E-state index is -0.151. The molecule has 0 unspecified atom stereocenters. The van der Waals surface area contributed by atoms with E-state index < -0.39 is 0 Å². The van der Waals surface area contributed by atoms with Gasteiger partial charge in [-0.15, -0.1) is 0 Å². The van der Waals surface area contributed by atoms with Gasteiger partial charge in [-0.25, -0.2) is 4.98 Å². The van der Waals surface area contributed by atoms with E-state index in [4.69, 9.17) is 0 Å². The van der Waals surface area contributed by atoms with Crippen molar-refractivity contribution in [2.75, 3.05) is 50.5 Å². The van der Waals surface area contributed by atoms with Crippen LogP contribution in [0.15, 0.2) is 42.6 Å². The maximum atomic E-state index is 12.0. The fraction of sp³-hybridized carbons (Fsp3) is 0.400. The Morgan fingerprint density at radius 1 is 1.00 bits per heavy atom. The zero-order valence-corrected chi connectivity index (χ0v) is 16.1. The first-order valence-electron chi connectivity index (χ1n) is 9.04. The lowest BCUT2D eigenvalue weighted by Crippen LogP contribution is -2.31. The zero-order chi connectivity index (χ0) is 18.9. The van der Waals surface area contributed by atoms with Crippen LogP contribution in [0.4, 0.5) is 17.1 Å². The van der Waals surface area contributed by atoms with Crippen LogP contribution < -0.4 is 15.5 Å². The highest BCUT2D eigenvalue weighted by molar-refractivity contribution is 5.92. The van der Waals surface area contributed by atoms with Crippen molar-refractivity contribution in [3.63, 3.8) is 0 Å². The predicted molar refractivity (Wildman–Crippen MR) is 108 cm³/mol. The van der Waals surface area contributed by atoms with Crippen LogP contribution in [0.25, 0.3) is 0 Å². The summed E-state index contributed by atoms with van der Waals surface area (Å²) in [5.41, 5.74) is 3.48. The van der Waals surface area contributed by atoms with Gasteiger partial charge >= 0.3 is 0 Å². The van der Waals surface area contributed by atoms with Gasteiger partial charge in [0.25, 0.3) is 5.91 Å². The monoisotopic (exact) mass is 355 g/mol. The number of benzene rings is 1. The number of anilines is 3. The van der Waals surface area contributed by atoms with Gasteiger partial charge in [0.05, 0.1) is 11.9 Å². The lowest BCUT2D eigenvalue weighted by molar-refractivity contribution is 0.0946.